The van der Waals surface area contributed by atoms with Crippen molar-refractivity contribution >= 4 is 43.7 Å². The van der Waals surface area contributed by atoms with Gasteiger partial charge in [0, 0.05) is 6.42 Å². The number of hydrogen-bond donors (Lipinski definition) is 0. The van der Waals surface area contributed by atoms with E-state index in [1.54, 1.807) is 22.7 Å². The maximum atomic E-state index is 4.96. The first-order chi connectivity index (χ1) is 12.4. The molecule has 1 aliphatic rings. The molecule has 3 nitrogen and oxygen atoms in total. The van der Waals surface area contributed by atoms with Crippen LogP contribution < -0.4 is 5.01 Å². The molecular weight excluding hydrogens is 346 g/mol. The zero-order chi connectivity index (χ0) is 16.6. The van der Waals surface area contributed by atoms with Gasteiger partial charge in [0.1, 0.15) is 0 Å². The number of anilines is 1. The Labute approximate surface area is 153 Å². The minimum absolute atomic E-state index is 0.193. The lowest BCUT2D eigenvalue weighted by Crippen LogP contribution is -2.18. The van der Waals surface area contributed by atoms with Crippen LogP contribution in [0.2, 0.25) is 0 Å². The van der Waals surface area contributed by atoms with Gasteiger partial charge in [-0.05, 0) is 29.1 Å². The Morgan fingerprint density at radius 3 is 2.56 bits per heavy atom. The second-order valence-corrected chi connectivity index (χ2v) is 7.92. The summed E-state index contributed by atoms with van der Waals surface area (Å²) >= 11 is 3.45. The molecule has 4 aromatic rings. The van der Waals surface area contributed by atoms with E-state index < -0.39 is 0 Å². The number of para-hydroxylation sites is 1. The molecule has 0 saturated carbocycles. The Kier molecular flexibility index (Phi) is 3.61. The summed E-state index contributed by atoms with van der Waals surface area (Å²) in [6, 6.07) is 23.3. The maximum Gasteiger partial charge on any atom is 0.207 e. The number of thiazole rings is 1. The number of aromatic nitrogens is 1. The van der Waals surface area contributed by atoms with Crippen molar-refractivity contribution in [2.45, 2.75) is 12.5 Å². The van der Waals surface area contributed by atoms with Crippen molar-refractivity contribution in [2.75, 3.05) is 5.01 Å². The summed E-state index contributed by atoms with van der Waals surface area (Å²) in [5.74, 6) is 0. The van der Waals surface area contributed by atoms with Crippen molar-refractivity contribution in [3.05, 3.63) is 82.6 Å². The zero-order valence-electron chi connectivity index (χ0n) is 13.4. The van der Waals surface area contributed by atoms with Gasteiger partial charge >= 0.3 is 0 Å². The van der Waals surface area contributed by atoms with Crippen LogP contribution in [0.25, 0.3) is 10.2 Å². The molecule has 0 aliphatic carbocycles. The normalized spacial score (nSPS) is 17.2. The third-order valence-corrected chi connectivity index (χ3v) is 6.32. The maximum absolute atomic E-state index is 4.96. The van der Waals surface area contributed by atoms with E-state index in [2.05, 4.69) is 71.1 Å². The summed E-state index contributed by atoms with van der Waals surface area (Å²) in [5.41, 5.74) is 3.45. The Hall–Kier alpha value is -2.50. The van der Waals surface area contributed by atoms with Gasteiger partial charge < -0.3 is 0 Å². The van der Waals surface area contributed by atoms with Gasteiger partial charge in [-0.1, -0.05) is 59.9 Å². The van der Waals surface area contributed by atoms with Crippen LogP contribution in [0.3, 0.4) is 0 Å². The van der Waals surface area contributed by atoms with Crippen LogP contribution in [0, 0.1) is 0 Å². The third-order valence-electron chi connectivity index (χ3n) is 4.38. The molecule has 5 heteroatoms. The van der Waals surface area contributed by atoms with Crippen molar-refractivity contribution in [3.8, 4) is 0 Å². The van der Waals surface area contributed by atoms with Crippen LogP contribution >= 0.6 is 22.7 Å². The highest BCUT2D eigenvalue weighted by Gasteiger charge is 2.32. The number of fused-ring (bicyclic) bond motifs is 1. The van der Waals surface area contributed by atoms with Gasteiger partial charge in [0.2, 0.25) is 5.13 Å². The molecule has 0 fully saturated rings. The fraction of sp³-hybridized carbons (Fsp3) is 0.100. The number of hydrazone groups is 1. The van der Waals surface area contributed by atoms with Crippen LogP contribution in [0.5, 0.6) is 0 Å². The van der Waals surface area contributed by atoms with E-state index in [0.29, 0.717) is 0 Å². The predicted molar refractivity (Wildman–Crippen MR) is 107 cm³/mol. The second kappa shape index (κ2) is 6.10. The van der Waals surface area contributed by atoms with E-state index in [9.17, 15) is 0 Å². The smallest absolute Gasteiger partial charge is 0.207 e. The summed E-state index contributed by atoms with van der Waals surface area (Å²) in [5, 5.41) is 10.1. The van der Waals surface area contributed by atoms with Crippen LogP contribution in [0.1, 0.15) is 22.9 Å². The van der Waals surface area contributed by atoms with Gasteiger partial charge in [0.05, 0.1) is 26.8 Å². The molecule has 0 spiro atoms. The Bertz CT molecular complexity index is 1000. The summed E-state index contributed by atoms with van der Waals surface area (Å²) in [7, 11) is 0. The van der Waals surface area contributed by atoms with Gasteiger partial charge in [-0.25, -0.2) is 9.99 Å². The number of rotatable bonds is 3. The molecule has 0 N–H and O–H groups in total. The number of benzene rings is 2. The molecule has 2 aromatic carbocycles. The zero-order valence-corrected chi connectivity index (χ0v) is 15.0. The minimum atomic E-state index is 0.193. The largest absolute Gasteiger partial charge is 0.231 e. The fourth-order valence-corrected chi connectivity index (χ4v) is 4.86. The standard InChI is InChI=1S/C20H15N3S2/c1-2-7-14(8-3-1)17-13-16(18-11-6-12-24-18)22-23(17)20-21-15-9-4-5-10-19(15)25-20/h1-12,17H,13H2. The summed E-state index contributed by atoms with van der Waals surface area (Å²) in [6.07, 6.45) is 0.903. The third kappa shape index (κ3) is 2.65. The minimum Gasteiger partial charge on any atom is -0.231 e. The topological polar surface area (TPSA) is 28.5 Å². The summed E-state index contributed by atoms with van der Waals surface area (Å²) < 4.78 is 1.20. The van der Waals surface area contributed by atoms with Crippen molar-refractivity contribution in [1.82, 2.24) is 4.98 Å². The molecule has 1 unspecified atom stereocenters. The van der Waals surface area contributed by atoms with Crippen molar-refractivity contribution in [1.29, 1.82) is 0 Å². The van der Waals surface area contributed by atoms with Crippen LogP contribution in [0.4, 0.5) is 5.13 Å². The highest BCUT2D eigenvalue weighted by atomic mass is 32.1. The van der Waals surface area contributed by atoms with E-state index in [0.717, 1.165) is 22.8 Å². The Morgan fingerprint density at radius 1 is 0.920 bits per heavy atom. The average Bonchev–Trinajstić information content (AvgIpc) is 3.39. The van der Waals surface area contributed by atoms with Gasteiger partial charge in [-0.15, -0.1) is 11.3 Å². The SMILES string of the molecule is c1ccc(C2CC(c3cccs3)=NN2c2nc3ccccc3s2)cc1. The summed E-state index contributed by atoms with van der Waals surface area (Å²) in [6.45, 7) is 0. The van der Waals surface area contributed by atoms with E-state index >= 15 is 0 Å². The number of thiophene rings is 1. The monoisotopic (exact) mass is 361 g/mol. The quantitative estimate of drug-likeness (QED) is 0.467. The number of nitrogens with zero attached hydrogens (tertiary/aromatic N) is 3. The highest BCUT2D eigenvalue weighted by molar-refractivity contribution is 7.22. The molecule has 1 atom stereocenters. The molecule has 0 amide bonds. The highest BCUT2D eigenvalue weighted by Crippen LogP contribution is 2.40. The first-order valence-electron chi connectivity index (χ1n) is 8.19. The molecule has 2 aromatic heterocycles. The van der Waals surface area contributed by atoms with Crippen molar-refractivity contribution < 1.29 is 0 Å². The first-order valence-corrected chi connectivity index (χ1v) is 9.89. The molecule has 122 valence electrons. The lowest BCUT2D eigenvalue weighted by molar-refractivity contribution is 0.707. The van der Waals surface area contributed by atoms with E-state index in [4.69, 9.17) is 10.1 Å². The molecule has 0 saturated heterocycles. The van der Waals surface area contributed by atoms with E-state index in [1.807, 2.05) is 6.07 Å². The van der Waals surface area contributed by atoms with Crippen molar-refractivity contribution in [3.63, 3.8) is 0 Å². The fourth-order valence-electron chi connectivity index (χ4n) is 3.17. The molecule has 25 heavy (non-hydrogen) atoms. The predicted octanol–water partition coefficient (Wildman–Crippen LogP) is 5.71. The van der Waals surface area contributed by atoms with Crippen LogP contribution in [-0.4, -0.2) is 10.7 Å². The second-order valence-electron chi connectivity index (χ2n) is 5.96. The van der Waals surface area contributed by atoms with Crippen LogP contribution in [0.15, 0.2) is 77.2 Å². The summed E-state index contributed by atoms with van der Waals surface area (Å²) in [4.78, 5) is 6.07. The molecule has 0 radical (unpaired) electrons. The van der Waals surface area contributed by atoms with Gasteiger partial charge in [-0.2, -0.15) is 5.10 Å². The lowest BCUT2D eigenvalue weighted by Gasteiger charge is -2.21. The molecule has 5 rings (SSSR count). The van der Waals surface area contributed by atoms with Crippen LogP contribution in [-0.2, 0) is 0 Å². The van der Waals surface area contributed by atoms with Gasteiger partial charge in [0.25, 0.3) is 0 Å². The Balaban J connectivity index is 1.61. The number of hydrogen-bond acceptors (Lipinski definition) is 5. The first kappa shape index (κ1) is 14.8. The molecule has 0 bridgehead atoms. The molecule has 1 aliphatic heterocycles. The van der Waals surface area contributed by atoms with E-state index in [1.165, 1.54) is 15.1 Å². The van der Waals surface area contributed by atoms with E-state index in [-0.39, 0.29) is 6.04 Å². The molecule has 3 heterocycles. The van der Waals surface area contributed by atoms with Gasteiger partial charge in [-0.3, -0.25) is 0 Å². The Morgan fingerprint density at radius 2 is 1.76 bits per heavy atom. The van der Waals surface area contributed by atoms with Gasteiger partial charge in [0.15, 0.2) is 0 Å². The molecular formula is C20H15N3S2. The van der Waals surface area contributed by atoms with Crippen molar-refractivity contribution in [2.24, 2.45) is 5.10 Å². The lowest BCUT2D eigenvalue weighted by atomic mass is 10.0. The average molecular weight is 361 g/mol.